The van der Waals surface area contributed by atoms with E-state index in [-0.39, 0.29) is 0 Å². The van der Waals surface area contributed by atoms with Gasteiger partial charge < -0.3 is 10.3 Å². The molecule has 22 heavy (non-hydrogen) atoms. The number of hydrogen-bond acceptors (Lipinski definition) is 2. The molecule has 3 heteroatoms. The minimum absolute atomic E-state index is 0.674. The summed E-state index contributed by atoms with van der Waals surface area (Å²) in [6, 6.07) is 4.60. The first-order valence-corrected chi connectivity index (χ1v) is 8.69. The molecule has 0 saturated heterocycles. The summed E-state index contributed by atoms with van der Waals surface area (Å²) < 4.78 is 0. The molecule has 2 aromatic rings. The Bertz CT molecular complexity index is 663. The SMILES string of the molecule is C=C(CC)Nc1nc2c(C3CCCCC3)ccc(CC)c2[nH]1. The van der Waals surface area contributed by atoms with Crippen LogP contribution >= 0.6 is 0 Å². The van der Waals surface area contributed by atoms with E-state index < -0.39 is 0 Å². The van der Waals surface area contributed by atoms with Gasteiger partial charge in [-0.25, -0.2) is 4.98 Å². The lowest BCUT2D eigenvalue weighted by Gasteiger charge is -2.22. The topological polar surface area (TPSA) is 40.7 Å². The van der Waals surface area contributed by atoms with Crippen LogP contribution in [0.1, 0.15) is 69.4 Å². The van der Waals surface area contributed by atoms with Crippen LogP contribution < -0.4 is 5.32 Å². The normalized spacial score (nSPS) is 16.1. The summed E-state index contributed by atoms with van der Waals surface area (Å²) in [4.78, 5) is 8.33. The number of nitrogens with one attached hydrogen (secondary N) is 2. The first-order chi connectivity index (χ1) is 10.7. The number of allylic oxidation sites excluding steroid dienone is 1. The molecule has 0 bridgehead atoms. The van der Waals surface area contributed by atoms with E-state index in [1.165, 1.54) is 48.7 Å². The van der Waals surface area contributed by atoms with Gasteiger partial charge in [0.1, 0.15) is 0 Å². The minimum atomic E-state index is 0.674. The van der Waals surface area contributed by atoms with E-state index in [9.17, 15) is 0 Å². The quantitative estimate of drug-likeness (QED) is 0.764. The summed E-state index contributed by atoms with van der Waals surface area (Å²) in [6.45, 7) is 8.32. The Morgan fingerprint density at radius 3 is 2.73 bits per heavy atom. The van der Waals surface area contributed by atoms with Crippen LogP contribution in [0.2, 0.25) is 0 Å². The van der Waals surface area contributed by atoms with E-state index >= 15 is 0 Å². The molecule has 0 unspecified atom stereocenters. The molecule has 3 rings (SSSR count). The number of aromatic nitrogens is 2. The minimum Gasteiger partial charge on any atom is -0.330 e. The molecular weight excluding hydrogens is 270 g/mol. The van der Waals surface area contributed by atoms with Gasteiger partial charge in [-0.2, -0.15) is 0 Å². The van der Waals surface area contributed by atoms with Crippen molar-refractivity contribution in [3.05, 3.63) is 35.5 Å². The lowest BCUT2D eigenvalue weighted by atomic mass is 9.83. The predicted molar refractivity (Wildman–Crippen MR) is 94.4 cm³/mol. The second-order valence-electron chi connectivity index (χ2n) is 6.39. The van der Waals surface area contributed by atoms with Crippen molar-refractivity contribution in [3.8, 4) is 0 Å². The third-order valence-electron chi connectivity index (χ3n) is 4.91. The zero-order chi connectivity index (χ0) is 15.5. The van der Waals surface area contributed by atoms with Gasteiger partial charge in [-0.1, -0.05) is 51.8 Å². The molecule has 1 fully saturated rings. The molecule has 1 aromatic heterocycles. The number of rotatable bonds is 5. The maximum atomic E-state index is 4.86. The monoisotopic (exact) mass is 297 g/mol. The van der Waals surface area contributed by atoms with Crippen molar-refractivity contribution in [3.63, 3.8) is 0 Å². The number of nitrogens with zero attached hydrogens (tertiary/aromatic N) is 1. The third-order valence-corrected chi connectivity index (χ3v) is 4.91. The molecule has 1 aliphatic carbocycles. The van der Waals surface area contributed by atoms with E-state index in [1.54, 1.807) is 0 Å². The van der Waals surface area contributed by atoms with Crippen LogP contribution in [0.5, 0.6) is 0 Å². The van der Waals surface area contributed by atoms with Crippen molar-refractivity contribution < 1.29 is 0 Å². The van der Waals surface area contributed by atoms with Crippen LogP contribution in [0.4, 0.5) is 5.95 Å². The van der Waals surface area contributed by atoms with Crippen LogP contribution in [0.25, 0.3) is 11.0 Å². The zero-order valence-corrected chi connectivity index (χ0v) is 13.8. The van der Waals surface area contributed by atoms with Crippen molar-refractivity contribution >= 4 is 17.0 Å². The van der Waals surface area contributed by atoms with Crippen LogP contribution in [0.3, 0.4) is 0 Å². The number of anilines is 1. The van der Waals surface area contributed by atoms with Crippen LogP contribution in [-0.2, 0) is 6.42 Å². The number of hydrogen-bond donors (Lipinski definition) is 2. The number of aryl methyl sites for hydroxylation is 1. The van der Waals surface area contributed by atoms with Gasteiger partial charge in [0.25, 0.3) is 0 Å². The van der Waals surface area contributed by atoms with Crippen LogP contribution in [-0.4, -0.2) is 9.97 Å². The molecule has 0 atom stereocenters. The second-order valence-corrected chi connectivity index (χ2v) is 6.39. The first-order valence-electron chi connectivity index (χ1n) is 8.69. The summed E-state index contributed by atoms with van der Waals surface area (Å²) in [5.41, 5.74) is 6.14. The molecule has 1 saturated carbocycles. The fraction of sp³-hybridized carbons (Fsp3) is 0.526. The molecule has 2 N–H and O–H groups in total. The molecule has 1 aromatic carbocycles. The van der Waals surface area contributed by atoms with Gasteiger partial charge >= 0.3 is 0 Å². The average molecular weight is 297 g/mol. The van der Waals surface area contributed by atoms with Crippen molar-refractivity contribution in [2.75, 3.05) is 5.32 Å². The molecule has 1 aliphatic rings. The highest BCUT2D eigenvalue weighted by molar-refractivity contribution is 5.85. The molecule has 0 amide bonds. The predicted octanol–water partition coefficient (Wildman–Crippen LogP) is 5.51. The maximum Gasteiger partial charge on any atom is 0.205 e. The van der Waals surface area contributed by atoms with Gasteiger partial charge in [0.15, 0.2) is 0 Å². The van der Waals surface area contributed by atoms with E-state index in [4.69, 9.17) is 4.98 Å². The van der Waals surface area contributed by atoms with Gasteiger partial charge in [0, 0.05) is 5.70 Å². The lowest BCUT2D eigenvalue weighted by molar-refractivity contribution is 0.445. The van der Waals surface area contributed by atoms with Gasteiger partial charge in [-0.05, 0) is 42.7 Å². The number of fused-ring (bicyclic) bond motifs is 1. The summed E-state index contributed by atoms with van der Waals surface area (Å²) >= 11 is 0. The molecular formula is C19H27N3. The number of benzene rings is 1. The average Bonchev–Trinajstić information content (AvgIpc) is 2.97. The maximum absolute atomic E-state index is 4.86. The zero-order valence-electron chi connectivity index (χ0n) is 13.8. The highest BCUT2D eigenvalue weighted by Gasteiger charge is 2.20. The van der Waals surface area contributed by atoms with Crippen molar-refractivity contribution in [1.29, 1.82) is 0 Å². The van der Waals surface area contributed by atoms with Gasteiger partial charge in [-0.15, -0.1) is 0 Å². The van der Waals surface area contributed by atoms with E-state index in [0.717, 1.165) is 30.0 Å². The first kappa shape index (κ1) is 15.1. The Kier molecular flexibility index (Phi) is 4.51. The van der Waals surface area contributed by atoms with E-state index in [2.05, 4.69) is 42.9 Å². The van der Waals surface area contributed by atoms with Crippen molar-refractivity contribution in [2.24, 2.45) is 0 Å². The fourth-order valence-electron chi connectivity index (χ4n) is 3.52. The summed E-state index contributed by atoms with van der Waals surface area (Å²) in [5, 5.41) is 3.30. The Balaban J connectivity index is 2.03. The van der Waals surface area contributed by atoms with Gasteiger partial charge in [0.2, 0.25) is 5.95 Å². The van der Waals surface area contributed by atoms with E-state index in [0.29, 0.717) is 5.92 Å². The van der Waals surface area contributed by atoms with Crippen molar-refractivity contribution in [1.82, 2.24) is 9.97 Å². The number of aromatic amines is 1. The van der Waals surface area contributed by atoms with Gasteiger partial charge in [-0.3, -0.25) is 0 Å². The molecule has 118 valence electrons. The molecule has 0 radical (unpaired) electrons. The van der Waals surface area contributed by atoms with Crippen LogP contribution in [0.15, 0.2) is 24.4 Å². The largest absolute Gasteiger partial charge is 0.330 e. The Morgan fingerprint density at radius 2 is 2.05 bits per heavy atom. The number of imidazole rings is 1. The Morgan fingerprint density at radius 1 is 1.27 bits per heavy atom. The molecule has 0 aliphatic heterocycles. The molecule has 0 spiro atoms. The molecule has 3 nitrogen and oxygen atoms in total. The summed E-state index contributed by atoms with van der Waals surface area (Å²) in [6.07, 6.45) is 8.63. The Hall–Kier alpha value is -1.77. The van der Waals surface area contributed by atoms with Crippen molar-refractivity contribution in [2.45, 2.75) is 64.7 Å². The van der Waals surface area contributed by atoms with Crippen LogP contribution in [0, 0.1) is 0 Å². The summed E-state index contributed by atoms with van der Waals surface area (Å²) in [7, 11) is 0. The highest BCUT2D eigenvalue weighted by atomic mass is 15.1. The second kappa shape index (κ2) is 6.55. The lowest BCUT2D eigenvalue weighted by Crippen LogP contribution is -2.05. The highest BCUT2D eigenvalue weighted by Crippen LogP contribution is 2.37. The standard InChI is InChI=1S/C19H27N3/c1-4-13(3)20-19-21-17-14(5-2)11-12-16(18(17)22-19)15-9-7-6-8-10-15/h11-12,15H,3-10H2,1-2H3,(H2,20,21,22). The summed E-state index contributed by atoms with van der Waals surface area (Å²) in [5.74, 6) is 1.51. The molecule has 1 heterocycles. The Labute approximate surface area is 133 Å². The third kappa shape index (κ3) is 2.90. The smallest absolute Gasteiger partial charge is 0.205 e. The van der Waals surface area contributed by atoms with Gasteiger partial charge in [0.05, 0.1) is 11.0 Å². The van der Waals surface area contributed by atoms with E-state index in [1.807, 2.05) is 0 Å². The fourth-order valence-corrected chi connectivity index (χ4v) is 3.52. The number of H-pyrrole nitrogens is 1.